The SMILES string of the molecule is CCCCCCCC/C=C/C/C=C/C=C/C(O)CCCC(=O)OC[C@H](COP(=O)(O)OCC[N+](C)(C)C)OC(=O)CCCCCCCCCCCCc1oc(CCCCC)c(C)c1C. The first-order chi connectivity index (χ1) is 30.7. The minimum Gasteiger partial charge on any atom is -0.466 e. The minimum atomic E-state index is -4.43. The number of aliphatic hydroxyl groups is 1. The van der Waals surface area contributed by atoms with Gasteiger partial charge in [0.1, 0.15) is 31.3 Å². The molecule has 12 heteroatoms. The van der Waals surface area contributed by atoms with Crippen molar-refractivity contribution in [2.45, 2.75) is 213 Å². The summed E-state index contributed by atoms with van der Waals surface area (Å²) in [7, 11) is 1.36. The van der Waals surface area contributed by atoms with Crippen LogP contribution in [0.15, 0.2) is 40.9 Å². The Morgan fingerprint density at radius 3 is 1.84 bits per heavy atom. The molecule has 0 aliphatic heterocycles. The summed E-state index contributed by atoms with van der Waals surface area (Å²) < 4.78 is 40.5. The van der Waals surface area contributed by atoms with Crippen LogP contribution in [0.25, 0.3) is 0 Å². The van der Waals surface area contributed by atoms with Gasteiger partial charge in [0.05, 0.1) is 33.9 Å². The van der Waals surface area contributed by atoms with Crippen LogP contribution in [-0.2, 0) is 45.5 Å². The highest BCUT2D eigenvalue weighted by molar-refractivity contribution is 7.47. The van der Waals surface area contributed by atoms with Crippen molar-refractivity contribution < 1.29 is 51.6 Å². The van der Waals surface area contributed by atoms with Gasteiger partial charge in [-0.25, -0.2) is 4.57 Å². The third-order valence-corrected chi connectivity index (χ3v) is 12.5. The van der Waals surface area contributed by atoms with Crippen LogP contribution >= 0.6 is 7.82 Å². The number of aliphatic hydroxyl groups excluding tert-OH is 1. The molecule has 1 aromatic rings. The number of phosphoric acid groups is 1. The predicted molar refractivity (Wildman–Crippen MR) is 261 cm³/mol. The summed E-state index contributed by atoms with van der Waals surface area (Å²) in [5.74, 6) is 1.35. The van der Waals surface area contributed by atoms with E-state index in [1.54, 1.807) is 6.08 Å². The van der Waals surface area contributed by atoms with Crippen LogP contribution < -0.4 is 0 Å². The van der Waals surface area contributed by atoms with E-state index in [1.807, 2.05) is 39.4 Å². The van der Waals surface area contributed by atoms with E-state index in [1.165, 1.54) is 113 Å². The molecular formula is C52H93NO10P+. The van der Waals surface area contributed by atoms with Gasteiger partial charge in [0.2, 0.25) is 0 Å². The normalized spacial score (nSPS) is 14.2. The molecule has 2 unspecified atom stereocenters. The molecule has 0 saturated carbocycles. The number of hydrogen-bond donors (Lipinski definition) is 2. The highest BCUT2D eigenvalue weighted by Gasteiger charge is 2.27. The molecule has 0 radical (unpaired) electrons. The lowest BCUT2D eigenvalue weighted by Gasteiger charge is -2.24. The third kappa shape index (κ3) is 33.9. The minimum absolute atomic E-state index is 0.00323. The van der Waals surface area contributed by atoms with Crippen molar-refractivity contribution in [2.24, 2.45) is 0 Å². The van der Waals surface area contributed by atoms with E-state index in [2.05, 4.69) is 39.8 Å². The number of likely N-dealkylation sites (N-methyl/N-ethyl adjacent to an activating group) is 1. The van der Waals surface area contributed by atoms with Crippen molar-refractivity contribution in [3.8, 4) is 0 Å². The number of ether oxygens (including phenoxy) is 2. The lowest BCUT2D eigenvalue weighted by Crippen LogP contribution is -2.37. The van der Waals surface area contributed by atoms with Crippen LogP contribution in [0.2, 0.25) is 0 Å². The second-order valence-corrected chi connectivity index (χ2v) is 20.1. The van der Waals surface area contributed by atoms with E-state index in [-0.39, 0.29) is 26.1 Å². The Hall–Kier alpha value is -2.53. The number of hydrogen-bond acceptors (Lipinski definition) is 9. The highest BCUT2D eigenvalue weighted by Crippen LogP contribution is 2.43. The van der Waals surface area contributed by atoms with Crippen molar-refractivity contribution in [3.63, 3.8) is 0 Å². The Labute approximate surface area is 390 Å². The van der Waals surface area contributed by atoms with Crippen LogP contribution in [0, 0.1) is 13.8 Å². The molecule has 0 saturated heterocycles. The molecule has 1 aromatic heterocycles. The summed E-state index contributed by atoms with van der Waals surface area (Å²) in [6.07, 6.45) is 37.6. The van der Waals surface area contributed by atoms with Crippen LogP contribution in [-0.4, -0.2) is 86.1 Å². The molecule has 0 aliphatic rings. The molecule has 3 atom stereocenters. The van der Waals surface area contributed by atoms with E-state index in [9.17, 15) is 24.2 Å². The smallest absolute Gasteiger partial charge is 0.466 e. The number of carbonyl (C=O) groups excluding carboxylic acids is 2. The fourth-order valence-electron chi connectivity index (χ4n) is 7.20. The molecule has 11 nitrogen and oxygen atoms in total. The molecule has 0 spiro atoms. The van der Waals surface area contributed by atoms with Gasteiger partial charge in [-0.3, -0.25) is 18.6 Å². The molecule has 2 N–H and O–H groups in total. The number of phosphoric ester groups is 1. The van der Waals surface area contributed by atoms with E-state index in [0.717, 1.165) is 51.4 Å². The molecule has 1 heterocycles. The zero-order valence-corrected chi connectivity index (χ0v) is 42.5. The number of carbonyl (C=O) groups is 2. The van der Waals surface area contributed by atoms with Crippen molar-refractivity contribution in [2.75, 3.05) is 47.5 Å². The Morgan fingerprint density at radius 1 is 0.672 bits per heavy atom. The maximum absolute atomic E-state index is 12.8. The fourth-order valence-corrected chi connectivity index (χ4v) is 7.94. The molecule has 0 amide bonds. The number of allylic oxidation sites excluding steroid dienone is 5. The average molecular weight is 923 g/mol. The number of aryl methyl sites for hydroxylation is 2. The first-order valence-corrected chi connectivity index (χ1v) is 26.7. The van der Waals surface area contributed by atoms with E-state index < -0.39 is 38.6 Å². The zero-order valence-electron chi connectivity index (χ0n) is 41.6. The second-order valence-electron chi connectivity index (χ2n) is 18.6. The summed E-state index contributed by atoms with van der Waals surface area (Å²) in [4.78, 5) is 35.6. The molecule has 0 bridgehead atoms. The summed E-state index contributed by atoms with van der Waals surface area (Å²) in [6, 6.07) is 0. The second kappa shape index (κ2) is 37.5. The molecule has 370 valence electrons. The Kier molecular flexibility index (Phi) is 34.9. The molecule has 1 rings (SSSR count). The van der Waals surface area contributed by atoms with Crippen molar-refractivity contribution in [3.05, 3.63) is 59.1 Å². The first-order valence-electron chi connectivity index (χ1n) is 25.2. The largest absolute Gasteiger partial charge is 0.472 e. The Bertz CT molecular complexity index is 1480. The van der Waals surface area contributed by atoms with Gasteiger partial charge in [-0.05, 0) is 76.3 Å². The van der Waals surface area contributed by atoms with E-state index >= 15 is 0 Å². The number of quaternary nitrogens is 1. The molecule has 64 heavy (non-hydrogen) atoms. The van der Waals surface area contributed by atoms with Crippen LogP contribution in [0.3, 0.4) is 0 Å². The van der Waals surface area contributed by atoms with Crippen LogP contribution in [0.1, 0.15) is 197 Å². The lowest BCUT2D eigenvalue weighted by atomic mass is 10.0. The fraction of sp³-hybridized carbons (Fsp3) is 0.769. The number of esters is 2. The van der Waals surface area contributed by atoms with Gasteiger partial charge in [-0.2, -0.15) is 0 Å². The van der Waals surface area contributed by atoms with Gasteiger partial charge in [-0.1, -0.05) is 147 Å². The topological polar surface area (TPSA) is 142 Å². The molecule has 0 aromatic carbocycles. The summed E-state index contributed by atoms with van der Waals surface area (Å²) in [6.45, 7) is 8.54. The number of rotatable bonds is 42. The molecule has 0 aliphatic carbocycles. The quantitative estimate of drug-likeness (QED) is 0.0162. The van der Waals surface area contributed by atoms with Gasteiger partial charge < -0.3 is 28.4 Å². The van der Waals surface area contributed by atoms with Crippen molar-refractivity contribution in [1.82, 2.24) is 0 Å². The van der Waals surface area contributed by atoms with Crippen molar-refractivity contribution >= 4 is 19.8 Å². The van der Waals surface area contributed by atoms with Gasteiger partial charge in [0.15, 0.2) is 6.10 Å². The monoisotopic (exact) mass is 923 g/mol. The van der Waals surface area contributed by atoms with E-state index in [0.29, 0.717) is 30.3 Å². The number of unbranched alkanes of at least 4 members (excludes halogenated alkanes) is 17. The Balaban J connectivity index is 2.37. The summed E-state index contributed by atoms with van der Waals surface area (Å²) in [5.41, 5.74) is 2.68. The standard InChI is InChI=1S/C52H92NO10P/c1-8-10-12-13-14-15-16-17-18-21-24-27-31-35-47(54)36-34-40-51(55)59-43-48(44-61-64(57,58)60-42-41-53(5,6)7)62-52(56)39-33-29-26-23-20-19-22-25-28-32-38-50-46(4)45(3)49(63-50)37-30-11-9-2/h17-18,24,27,31,35,47-48,54H,8-16,19-23,25-26,28-30,32-34,36-44H2,1-7H3/p+1/b18-17+,27-24+,35-31+/t47?,48-/m1/s1. The maximum atomic E-state index is 12.8. The Morgan fingerprint density at radius 2 is 1.22 bits per heavy atom. The lowest BCUT2D eigenvalue weighted by molar-refractivity contribution is -0.870. The van der Waals surface area contributed by atoms with Gasteiger partial charge >= 0.3 is 19.8 Å². The van der Waals surface area contributed by atoms with Crippen molar-refractivity contribution in [1.29, 1.82) is 0 Å². The van der Waals surface area contributed by atoms with Gasteiger partial charge in [0.25, 0.3) is 0 Å². The third-order valence-electron chi connectivity index (χ3n) is 11.5. The van der Waals surface area contributed by atoms with Gasteiger partial charge in [-0.15, -0.1) is 0 Å². The summed E-state index contributed by atoms with van der Waals surface area (Å²) >= 11 is 0. The predicted octanol–water partition coefficient (Wildman–Crippen LogP) is 13.1. The number of nitrogens with zero attached hydrogens (tertiary/aromatic N) is 1. The van der Waals surface area contributed by atoms with E-state index in [4.69, 9.17) is 22.9 Å². The molecule has 0 fully saturated rings. The first kappa shape index (κ1) is 59.5. The number of furan rings is 1. The van der Waals surface area contributed by atoms with Crippen LogP contribution in [0.4, 0.5) is 0 Å². The molecular weight excluding hydrogens is 830 g/mol. The average Bonchev–Trinajstić information content (AvgIpc) is 3.51. The highest BCUT2D eigenvalue weighted by atomic mass is 31.2. The zero-order chi connectivity index (χ0) is 47.3. The summed E-state index contributed by atoms with van der Waals surface area (Å²) in [5, 5.41) is 10.3. The maximum Gasteiger partial charge on any atom is 0.472 e. The van der Waals surface area contributed by atoms with Crippen LogP contribution in [0.5, 0.6) is 0 Å². The van der Waals surface area contributed by atoms with Gasteiger partial charge in [0, 0.05) is 25.7 Å².